The molecule has 1 atom stereocenters. The number of methoxy groups -OCH3 is 1. The van der Waals surface area contributed by atoms with Crippen LogP contribution in [0.2, 0.25) is 0 Å². The molecule has 4 N–H and O–H groups in total. The van der Waals surface area contributed by atoms with Crippen molar-refractivity contribution in [3.8, 4) is 0 Å². The fraction of sp³-hybridized carbons (Fsp3) is 0.333. The molecular weight excluding hydrogens is 182 g/mol. The van der Waals surface area contributed by atoms with Crippen LogP contribution in [0.15, 0.2) is 18.5 Å². The third-order valence-electron chi connectivity index (χ3n) is 1.89. The summed E-state index contributed by atoms with van der Waals surface area (Å²) in [5, 5.41) is 0. The minimum absolute atomic E-state index is 0.362. The van der Waals surface area contributed by atoms with E-state index >= 15 is 0 Å². The Bertz CT molecular complexity index is 328. The fourth-order valence-electron chi connectivity index (χ4n) is 1.09. The minimum atomic E-state index is -0.676. The highest BCUT2D eigenvalue weighted by atomic mass is 16.5. The first-order valence-corrected chi connectivity index (χ1v) is 4.17. The average Bonchev–Trinajstić information content (AvgIpc) is 2.20. The summed E-state index contributed by atoms with van der Waals surface area (Å²) in [6, 6.07) is 1.06. The van der Waals surface area contributed by atoms with Gasteiger partial charge in [0.15, 0.2) is 0 Å². The first-order chi connectivity index (χ1) is 6.65. The van der Waals surface area contributed by atoms with Gasteiger partial charge in [-0.2, -0.15) is 0 Å². The number of ether oxygens (including phenoxy) is 1. The highest BCUT2D eigenvalue weighted by molar-refractivity contribution is 5.76. The molecule has 5 heteroatoms. The predicted octanol–water partition coefficient (Wildman–Crippen LogP) is -0.293. The van der Waals surface area contributed by atoms with E-state index in [0.717, 1.165) is 5.56 Å². The number of esters is 1. The van der Waals surface area contributed by atoms with Gasteiger partial charge < -0.3 is 16.2 Å². The number of hydrogen-bond donors (Lipinski definition) is 2. The molecule has 1 aromatic heterocycles. The Morgan fingerprint density at radius 3 is 3.00 bits per heavy atom. The SMILES string of the molecule is COC(=O)[C@H](N)Cc1ccncc1N. The number of nitrogens with zero attached hydrogens (tertiary/aromatic N) is 1. The zero-order valence-corrected chi connectivity index (χ0v) is 7.93. The van der Waals surface area contributed by atoms with Crippen molar-refractivity contribution < 1.29 is 9.53 Å². The van der Waals surface area contributed by atoms with Crippen molar-refractivity contribution in [2.24, 2.45) is 5.73 Å². The van der Waals surface area contributed by atoms with Crippen LogP contribution in [0.25, 0.3) is 0 Å². The van der Waals surface area contributed by atoms with Gasteiger partial charge in [-0.15, -0.1) is 0 Å². The number of nitrogen functional groups attached to an aromatic ring is 1. The molecule has 5 nitrogen and oxygen atoms in total. The summed E-state index contributed by atoms with van der Waals surface area (Å²) in [6.45, 7) is 0. The smallest absolute Gasteiger partial charge is 0.322 e. The minimum Gasteiger partial charge on any atom is -0.468 e. The summed E-state index contributed by atoms with van der Waals surface area (Å²) < 4.78 is 4.50. The van der Waals surface area contributed by atoms with E-state index in [9.17, 15) is 4.79 Å². The third-order valence-corrected chi connectivity index (χ3v) is 1.89. The summed E-state index contributed by atoms with van der Waals surface area (Å²) in [7, 11) is 1.30. The van der Waals surface area contributed by atoms with Gasteiger partial charge in [0.05, 0.1) is 19.0 Å². The second kappa shape index (κ2) is 4.57. The molecule has 0 aliphatic heterocycles. The highest BCUT2D eigenvalue weighted by Crippen LogP contribution is 2.10. The van der Waals surface area contributed by atoms with Gasteiger partial charge in [-0.1, -0.05) is 0 Å². The van der Waals surface area contributed by atoms with Gasteiger partial charge in [-0.3, -0.25) is 9.78 Å². The number of nitrogens with two attached hydrogens (primary N) is 2. The molecule has 1 rings (SSSR count). The van der Waals surface area contributed by atoms with Crippen molar-refractivity contribution >= 4 is 11.7 Å². The Morgan fingerprint density at radius 2 is 2.43 bits per heavy atom. The maximum Gasteiger partial charge on any atom is 0.322 e. The number of aromatic nitrogens is 1. The molecule has 0 saturated carbocycles. The monoisotopic (exact) mass is 195 g/mol. The lowest BCUT2D eigenvalue weighted by Gasteiger charge is -2.10. The Kier molecular flexibility index (Phi) is 3.41. The molecule has 0 radical (unpaired) electrons. The van der Waals surface area contributed by atoms with E-state index in [4.69, 9.17) is 11.5 Å². The van der Waals surface area contributed by atoms with Crippen LogP contribution in [0.5, 0.6) is 0 Å². The van der Waals surface area contributed by atoms with E-state index in [2.05, 4.69) is 9.72 Å². The lowest BCUT2D eigenvalue weighted by atomic mass is 10.1. The molecule has 0 spiro atoms. The van der Waals surface area contributed by atoms with Gasteiger partial charge in [0.1, 0.15) is 6.04 Å². The van der Waals surface area contributed by atoms with Crippen molar-refractivity contribution in [1.29, 1.82) is 0 Å². The van der Waals surface area contributed by atoms with Crippen molar-refractivity contribution in [1.82, 2.24) is 4.98 Å². The molecule has 0 aliphatic carbocycles. The zero-order valence-electron chi connectivity index (χ0n) is 7.93. The van der Waals surface area contributed by atoms with E-state index in [-0.39, 0.29) is 0 Å². The van der Waals surface area contributed by atoms with Crippen LogP contribution in [0, 0.1) is 0 Å². The fourth-order valence-corrected chi connectivity index (χ4v) is 1.09. The van der Waals surface area contributed by atoms with E-state index in [1.54, 1.807) is 12.3 Å². The van der Waals surface area contributed by atoms with Crippen LogP contribution in [-0.4, -0.2) is 24.1 Å². The van der Waals surface area contributed by atoms with Crippen molar-refractivity contribution in [3.05, 3.63) is 24.0 Å². The molecule has 14 heavy (non-hydrogen) atoms. The van der Waals surface area contributed by atoms with E-state index in [1.165, 1.54) is 13.3 Å². The largest absolute Gasteiger partial charge is 0.468 e. The number of carbonyl (C=O) groups is 1. The van der Waals surface area contributed by atoms with Gasteiger partial charge in [-0.05, 0) is 11.6 Å². The number of carbonyl (C=O) groups excluding carboxylic acids is 1. The second-order valence-electron chi connectivity index (χ2n) is 2.91. The standard InChI is InChI=1S/C9H13N3O2/c1-14-9(13)7(10)4-6-2-3-12-5-8(6)11/h2-3,5,7H,4,10-11H2,1H3/t7-/m1/s1. The number of anilines is 1. The Hall–Kier alpha value is -1.62. The Morgan fingerprint density at radius 1 is 1.71 bits per heavy atom. The lowest BCUT2D eigenvalue weighted by Crippen LogP contribution is -2.33. The maximum absolute atomic E-state index is 11.0. The molecule has 0 aliphatic rings. The van der Waals surface area contributed by atoms with Crippen LogP contribution >= 0.6 is 0 Å². The Labute approximate surface area is 82.1 Å². The van der Waals surface area contributed by atoms with Crippen LogP contribution in [0.1, 0.15) is 5.56 Å². The number of pyridine rings is 1. The first kappa shape index (κ1) is 10.5. The topological polar surface area (TPSA) is 91.2 Å². The van der Waals surface area contributed by atoms with E-state index < -0.39 is 12.0 Å². The van der Waals surface area contributed by atoms with Gasteiger partial charge in [0, 0.05) is 12.6 Å². The molecule has 1 heterocycles. The van der Waals surface area contributed by atoms with Crippen LogP contribution in [-0.2, 0) is 16.0 Å². The molecule has 0 fully saturated rings. The predicted molar refractivity (Wildman–Crippen MR) is 52.3 cm³/mol. The summed E-state index contributed by atoms with van der Waals surface area (Å²) in [6.07, 6.45) is 3.50. The van der Waals surface area contributed by atoms with Gasteiger partial charge >= 0.3 is 5.97 Å². The van der Waals surface area contributed by atoms with Crippen LogP contribution in [0.3, 0.4) is 0 Å². The molecule has 0 amide bonds. The summed E-state index contributed by atoms with van der Waals surface area (Å²) >= 11 is 0. The zero-order chi connectivity index (χ0) is 10.6. The van der Waals surface area contributed by atoms with Crippen molar-refractivity contribution in [2.75, 3.05) is 12.8 Å². The summed E-state index contributed by atoms with van der Waals surface area (Å²) in [4.78, 5) is 14.9. The molecule has 1 aromatic rings. The normalized spacial score (nSPS) is 12.1. The molecule has 0 bridgehead atoms. The second-order valence-corrected chi connectivity index (χ2v) is 2.91. The maximum atomic E-state index is 11.0. The highest BCUT2D eigenvalue weighted by Gasteiger charge is 2.15. The summed E-state index contributed by atoms with van der Waals surface area (Å²) in [5.74, 6) is -0.443. The van der Waals surface area contributed by atoms with Crippen LogP contribution < -0.4 is 11.5 Å². The Balaban J connectivity index is 2.69. The van der Waals surface area contributed by atoms with Gasteiger partial charge in [0.2, 0.25) is 0 Å². The molecule has 76 valence electrons. The molecular formula is C9H13N3O2. The molecule has 0 saturated heterocycles. The van der Waals surface area contributed by atoms with Crippen molar-refractivity contribution in [3.63, 3.8) is 0 Å². The first-order valence-electron chi connectivity index (χ1n) is 4.17. The van der Waals surface area contributed by atoms with E-state index in [1.807, 2.05) is 0 Å². The third kappa shape index (κ3) is 2.43. The average molecular weight is 195 g/mol. The molecule has 0 unspecified atom stereocenters. The van der Waals surface area contributed by atoms with Crippen molar-refractivity contribution in [2.45, 2.75) is 12.5 Å². The quantitative estimate of drug-likeness (QED) is 0.646. The molecule has 0 aromatic carbocycles. The van der Waals surface area contributed by atoms with Crippen LogP contribution in [0.4, 0.5) is 5.69 Å². The lowest BCUT2D eigenvalue weighted by molar-refractivity contribution is -0.142. The summed E-state index contributed by atoms with van der Waals surface area (Å²) in [5.41, 5.74) is 12.6. The van der Waals surface area contributed by atoms with Gasteiger partial charge in [0.25, 0.3) is 0 Å². The number of hydrogen-bond acceptors (Lipinski definition) is 5. The van der Waals surface area contributed by atoms with E-state index in [0.29, 0.717) is 12.1 Å². The van der Waals surface area contributed by atoms with Gasteiger partial charge in [-0.25, -0.2) is 0 Å². The number of rotatable bonds is 3.